The van der Waals surface area contributed by atoms with E-state index in [4.69, 9.17) is 15.2 Å². The third-order valence-electron chi connectivity index (χ3n) is 14.1. The number of nitrogens with one attached hydrogen (secondary N) is 6. The van der Waals surface area contributed by atoms with Crippen molar-refractivity contribution >= 4 is 64.6 Å². The number of imide groups is 1. The quantitative estimate of drug-likeness (QED) is 0.0143. The predicted molar refractivity (Wildman–Crippen MR) is 274 cm³/mol. The van der Waals surface area contributed by atoms with Gasteiger partial charge in [-0.1, -0.05) is 50.3 Å². The van der Waals surface area contributed by atoms with Gasteiger partial charge in [0.15, 0.2) is 28.9 Å². The van der Waals surface area contributed by atoms with Crippen LogP contribution >= 0.6 is 0 Å². The molecule has 22 heteroatoms. The highest BCUT2D eigenvalue weighted by Crippen LogP contribution is 2.67. The van der Waals surface area contributed by atoms with E-state index in [1.165, 1.54) is 43.4 Å². The lowest BCUT2D eigenvalue weighted by atomic mass is 9.69. The number of hydrogen-bond donors (Lipinski definition) is 10. The van der Waals surface area contributed by atoms with Crippen molar-refractivity contribution in [1.82, 2.24) is 26.2 Å². The molecule has 2 aliphatic carbocycles. The second-order valence-corrected chi connectivity index (χ2v) is 19.6. The first-order chi connectivity index (χ1) is 36.8. The second kappa shape index (κ2) is 22.7. The standard InChI is InChI=1S/C55H58N8O14/c1-29(2)46(62-41(67)14-8-5-9-24-63-42(68)21-22-43(63)69)51(73)60-37(11-10-23-57-52(56)74)50(72)59-33-18-15-31(16-19-33)28-76-53(75)58-27-32-17-20-34-35(25-32)49(71)44-38(65)26-36-47(45(44)48(34)70)61-39-12-6-4-7-13-40(66)55(36)54(39,77-55)30(3)64/h4,12,15-22,25-26,29-30,37,39-40,46,61,64-66H,5,8-11,14,23-24,27-28H2,1-3H3,(H,58,75)(H,59,72)(H,60,73)(H,62,67)(H3,56,57,74)/t6?,30-,37+,39+,40-,46+,54+,55+/m1/s1. The second-order valence-electron chi connectivity index (χ2n) is 19.6. The summed E-state index contributed by atoms with van der Waals surface area (Å²) in [5, 5.41) is 50.3. The molecule has 3 aromatic rings. The Morgan fingerprint density at radius 2 is 1.58 bits per heavy atom. The number of rotatable bonds is 21. The molecule has 1 saturated heterocycles. The summed E-state index contributed by atoms with van der Waals surface area (Å²) in [6.45, 7) is 5.04. The van der Waals surface area contributed by atoms with Gasteiger partial charge in [0.25, 0.3) is 11.8 Å². The van der Waals surface area contributed by atoms with Gasteiger partial charge in [0.05, 0.1) is 29.0 Å². The maximum absolute atomic E-state index is 14.3. The van der Waals surface area contributed by atoms with Crippen molar-refractivity contribution in [1.29, 1.82) is 0 Å². The zero-order valence-electron chi connectivity index (χ0n) is 42.3. The number of unbranched alkanes of at least 4 members (excludes halogenated alkanes) is 2. The fourth-order valence-electron chi connectivity index (χ4n) is 10.1. The molecule has 2 bridgehead atoms. The highest BCUT2D eigenvalue weighted by molar-refractivity contribution is 6.31. The fourth-order valence-corrected chi connectivity index (χ4v) is 10.1. The Kier molecular flexibility index (Phi) is 16.1. The van der Waals surface area contributed by atoms with Crippen LogP contribution < -0.4 is 37.6 Å². The van der Waals surface area contributed by atoms with Gasteiger partial charge in [-0.05, 0) is 86.1 Å². The maximum Gasteiger partial charge on any atom is 0.407 e. The lowest BCUT2D eigenvalue weighted by Gasteiger charge is -2.38. The summed E-state index contributed by atoms with van der Waals surface area (Å²) in [6, 6.07) is 8.33. The highest BCUT2D eigenvalue weighted by atomic mass is 16.7. The third-order valence-corrected chi connectivity index (χ3v) is 14.1. The molecule has 0 saturated carbocycles. The summed E-state index contributed by atoms with van der Waals surface area (Å²) >= 11 is 0. The van der Waals surface area contributed by atoms with Crippen molar-refractivity contribution in [3.8, 4) is 17.6 Å². The number of phenolic OH excluding ortho intramolecular Hbond substituents is 1. The topological polar surface area (TPSA) is 338 Å². The Balaban J connectivity index is 0.842. The van der Waals surface area contributed by atoms with Crippen molar-refractivity contribution in [3.05, 3.63) is 118 Å². The smallest absolute Gasteiger partial charge is 0.407 e. The van der Waals surface area contributed by atoms with Gasteiger partial charge < -0.3 is 62.4 Å². The molecular weight excluding hydrogens is 997 g/mol. The van der Waals surface area contributed by atoms with E-state index in [0.717, 1.165) is 4.90 Å². The minimum atomic E-state index is -1.66. The minimum Gasteiger partial charge on any atom is -0.507 e. The summed E-state index contributed by atoms with van der Waals surface area (Å²) in [5.41, 5.74) is 6.22. The molecule has 5 aliphatic rings. The number of benzene rings is 3. The number of ether oxygens (including phenoxy) is 2. The van der Waals surface area contributed by atoms with Gasteiger partial charge in [0.2, 0.25) is 17.7 Å². The van der Waals surface area contributed by atoms with Crippen molar-refractivity contribution in [2.24, 2.45) is 11.7 Å². The molecule has 7 atom stereocenters. The van der Waals surface area contributed by atoms with E-state index in [-0.39, 0.29) is 103 Å². The van der Waals surface area contributed by atoms with Gasteiger partial charge in [-0.3, -0.25) is 38.5 Å². The summed E-state index contributed by atoms with van der Waals surface area (Å²) in [7, 11) is 0. The Hall–Kier alpha value is -8.61. The Morgan fingerprint density at radius 3 is 2.29 bits per heavy atom. The number of fused-ring (bicyclic) bond motifs is 4. The number of aromatic hydroxyl groups is 1. The van der Waals surface area contributed by atoms with Crippen LogP contribution in [0.2, 0.25) is 0 Å². The monoisotopic (exact) mass is 1050 g/mol. The molecular formula is C55H58N8O14. The largest absolute Gasteiger partial charge is 0.507 e. The first kappa shape index (κ1) is 54.6. The number of aliphatic hydroxyl groups is 2. The SMILES string of the molecule is CC(C)[C@H](NC(=O)CCCCCN1C(=O)C=CC1=O)C(=O)N[C@@H](CCCNC(N)=O)C(=O)Nc1ccc(COC(=O)NCc2ccc3c(c2)C(=O)c2c(O)cc4c(c2C3=O)N[C@H]2C=C=CC#C[C@@H](O)[C@@]43O[C@@]23[C@@H](C)O)cc1. The van der Waals surface area contributed by atoms with Crippen LogP contribution in [0.5, 0.6) is 5.75 Å². The lowest BCUT2D eigenvalue weighted by molar-refractivity contribution is -0.137. The van der Waals surface area contributed by atoms with Crippen molar-refractivity contribution in [2.45, 2.75) is 114 Å². The van der Waals surface area contributed by atoms with Crippen LogP contribution in [0.25, 0.3) is 0 Å². The number of nitrogens with two attached hydrogens (primary N) is 1. The Bertz CT molecular complexity index is 3100. The first-order valence-electron chi connectivity index (χ1n) is 25.1. The van der Waals surface area contributed by atoms with Crippen LogP contribution in [0, 0.1) is 17.8 Å². The van der Waals surface area contributed by atoms with Crippen LogP contribution in [0.4, 0.5) is 21.0 Å². The number of primary amides is 1. The number of amides is 8. The number of hydrogen-bond acceptors (Lipinski definition) is 15. The molecule has 3 heterocycles. The van der Waals surface area contributed by atoms with E-state index >= 15 is 0 Å². The number of alkyl carbamates (subject to hydrolysis) is 1. The van der Waals surface area contributed by atoms with E-state index in [2.05, 4.69) is 49.5 Å². The average molecular weight is 1060 g/mol. The van der Waals surface area contributed by atoms with E-state index in [0.29, 0.717) is 36.1 Å². The number of aliphatic hydroxyl groups excluding tert-OH is 2. The number of carbonyl (C=O) groups is 9. The van der Waals surface area contributed by atoms with E-state index in [1.807, 2.05) is 0 Å². The molecule has 0 radical (unpaired) electrons. The number of anilines is 2. The zero-order valence-corrected chi connectivity index (χ0v) is 42.3. The van der Waals surface area contributed by atoms with Crippen molar-refractivity contribution in [3.63, 3.8) is 0 Å². The van der Waals surface area contributed by atoms with Crippen LogP contribution in [-0.4, -0.2) is 122 Å². The predicted octanol–water partition coefficient (Wildman–Crippen LogP) is 2.32. The average Bonchev–Trinajstić information content (AvgIpc) is 4.04. The maximum atomic E-state index is 14.3. The third kappa shape index (κ3) is 11.1. The number of nitrogens with zero attached hydrogens (tertiary/aromatic N) is 1. The van der Waals surface area contributed by atoms with Crippen LogP contribution in [0.15, 0.2) is 78.6 Å². The number of phenols is 1. The molecule has 0 spiro atoms. The number of epoxide rings is 1. The summed E-state index contributed by atoms with van der Waals surface area (Å²) < 4.78 is 11.6. The van der Waals surface area contributed by atoms with E-state index in [9.17, 15) is 58.5 Å². The Labute approximate surface area is 441 Å². The van der Waals surface area contributed by atoms with Crippen LogP contribution in [-0.2, 0) is 52.2 Å². The minimum absolute atomic E-state index is 0.0164. The van der Waals surface area contributed by atoms with Gasteiger partial charge >= 0.3 is 12.1 Å². The molecule has 8 amide bonds. The van der Waals surface area contributed by atoms with Gasteiger partial charge in [-0.15, -0.1) is 5.73 Å². The number of urea groups is 1. The first-order valence-corrected chi connectivity index (χ1v) is 25.1. The van der Waals surface area contributed by atoms with E-state index < -0.39 is 82.8 Å². The van der Waals surface area contributed by atoms with Gasteiger partial charge in [0.1, 0.15) is 24.4 Å². The van der Waals surface area contributed by atoms with Crippen molar-refractivity contribution < 1.29 is 67.9 Å². The zero-order chi connectivity index (χ0) is 55.3. The highest BCUT2D eigenvalue weighted by Gasteiger charge is 2.82. The molecule has 77 heavy (non-hydrogen) atoms. The van der Waals surface area contributed by atoms with Gasteiger partial charge in [-0.2, -0.15) is 0 Å². The molecule has 8 rings (SSSR count). The van der Waals surface area contributed by atoms with Crippen LogP contribution in [0.1, 0.15) is 108 Å². The molecule has 1 fully saturated rings. The number of carbonyl (C=O) groups excluding carboxylic acids is 9. The number of ketones is 2. The normalized spacial score (nSPS) is 21.2. The van der Waals surface area contributed by atoms with Gasteiger partial charge in [-0.25, -0.2) is 9.59 Å². The Morgan fingerprint density at radius 1 is 0.870 bits per heavy atom. The molecule has 0 unspecified atom stereocenters. The molecule has 11 N–H and O–H groups in total. The molecule has 3 aliphatic heterocycles. The fraction of sp³-hybridized carbons (Fsp3) is 0.382. The summed E-state index contributed by atoms with van der Waals surface area (Å²) in [4.78, 5) is 117. The molecule has 3 aromatic carbocycles. The molecule has 402 valence electrons. The van der Waals surface area contributed by atoms with Crippen LogP contribution in [0.3, 0.4) is 0 Å². The van der Waals surface area contributed by atoms with Gasteiger partial charge in [0, 0.05) is 66.7 Å². The molecule has 22 nitrogen and oxygen atoms in total. The lowest BCUT2D eigenvalue weighted by Crippen LogP contribution is -2.54. The van der Waals surface area contributed by atoms with Crippen molar-refractivity contribution in [2.75, 3.05) is 23.7 Å². The van der Waals surface area contributed by atoms with E-state index in [1.54, 1.807) is 50.3 Å². The summed E-state index contributed by atoms with van der Waals surface area (Å²) in [6.07, 6.45) is 3.87. The molecule has 0 aromatic heterocycles. The summed E-state index contributed by atoms with van der Waals surface area (Å²) in [5.74, 6) is 0.879.